The standard InChI is InChI=1S/C12H12BrN/c13-12-5-4-11(7-12)10-3-1-2-9(6-10)8-14/h1-3,6,11-12H,4-5,7H2/t11-,12+/m1/s1. The third-order valence-electron chi connectivity index (χ3n) is 2.86. The molecule has 0 spiro atoms. The van der Waals surface area contributed by atoms with Crippen molar-refractivity contribution in [3.05, 3.63) is 35.4 Å². The minimum absolute atomic E-state index is 0.646. The van der Waals surface area contributed by atoms with Crippen LogP contribution < -0.4 is 0 Å². The summed E-state index contributed by atoms with van der Waals surface area (Å²) in [6, 6.07) is 10.2. The minimum Gasteiger partial charge on any atom is -0.192 e. The van der Waals surface area contributed by atoms with Crippen LogP contribution in [0.15, 0.2) is 24.3 Å². The van der Waals surface area contributed by atoms with Crippen LogP contribution in [0.25, 0.3) is 0 Å². The van der Waals surface area contributed by atoms with Crippen LogP contribution in [0.4, 0.5) is 0 Å². The molecule has 0 aromatic heterocycles. The van der Waals surface area contributed by atoms with Crippen LogP contribution in [0.3, 0.4) is 0 Å². The average molecular weight is 250 g/mol. The highest BCUT2D eigenvalue weighted by Crippen LogP contribution is 2.37. The molecule has 1 fully saturated rings. The summed E-state index contributed by atoms with van der Waals surface area (Å²) in [4.78, 5) is 0.665. The number of halogens is 1. The molecular weight excluding hydrogens is 238 g/mol. The first-order valence-corrected chi connectivity index (χ1v) is 5.85. The third kappa shape index (κ3) is 1.99. The molecule has 1 saturated carbocycles. The van der Waals surface area contributed by atoms with Crippen molar-refractivity contribution in [2.75, 3.05) is 0 Å². The van der Waals surface area contributed by atoms with Gasteiger partial charge in [-0.3, -0.25) is 0 Å². The Labute approximate surface area is 92.9 Å². The van der Waals surface area contributed by atoms with Crippen molar-refractivity contribution in [1.29, 1.82) is 5.26 Å². The fourth-order valence-electron chi connectivity index (χ4n) is 2.09. The van der Waals surface area contributed by atoms with Crippen LogP contribution in [0, 0.1) is 11.3 Å². The highest BCUT2D eigenvalue weighted by Gasteiger charge is 2.23. The van der Waals surface area contributed by atoms with Gasteiger partial charge in [0.15, 0.2) is 0 Å². The SMILES string of the molecule is N#Cc1cccc([C@@H]2CC[C@H](Br)C2)c1. The van der Waals surface area contributed by atoms with Gasteiger partial charge in [-0.15, -0.1) is 0 Å². The summed E-state index contributed by atoms with van der Waals surface area (Å²) in [7, 11) is 0. The molecular formula is C12H12BrN. The first kappa shape index (κ1) is 9.73. The Kier molecular flexibility index (Phi) is 2.88. The predicted molar refractivity (Wildman–Crippen MR) is 60.5 cm³/mol. The van der Waals surface area contributed by atoms with E-state index in [4.69, 9.17) is 5.26 Å². The fraction of sp³-hybridized carbons (Fsp3) is 0.417. The van der Waals surface area contributed by atoms with Crippen molar-refractivity contribution in [2.24, 2.45) is 0 Å². The maximum atomic E-state index is 8.80. The summed E-state index contributed by atoms with van der Waals surface area (Å²) in [6.45, 7) is 0. The molecule has 14 heavy (non-hydrogen) atoms. The Morgan fingerprint density at radius 3 is 2.86 bits per heavy atom. The number of hydrogen-bond acceptors (Lipinski definition) is 1. The van der Waals surface area contributed by atoms with E-state index in [-0.39, 0.29) is 0 Å². The van der Waals surface area contributed by atoms with E-state index in [2.05, 4.69) is 28.1 Å². The fourth-order valence-corrected chi connectivity index (χ4v) is 2.81. The molecule has 0 amide bonds. The molecule has 1 aromatic rings. The summed E-state index contributed by atoms with van der Waals surface area (Å²) in [5, 5.41) is 8.80. The highest BCUT2D eigenvalue weighted by atomic mass is 79.9. The third-order valence-corrected chi connectivity index (χ3v) is 3.69. The molecule has 0 N–H and O–H groups in total. The second kappa shape index (κ2) is 4.14. The smallest absolute Gasteiger partial charge is 0.0991 e. The van der Waals surface area contributed by atoms with Gasteiger partial charge in [0.2, 0.25) is 0 Å². The lowest BCUT2D eigenvalue weighted by Crippen LogP contribution is -1.94. The summed E-state index contributed by atoms with van der Waals surface area (Å²) in [5.74, 6) is 0.646. The zero-order valence-electron chi connectivity index (χ0n) is 7.91. The summed E-state index contributed by atoms with van der Waals surface area (Å²) in [6.07, 6.45) is 3.70. The molecule has 2 rings (SSSR count). The van der Waals surface area contributed by atoms with Crippen molar-refractivity contribution < 1.29 is 0 Å². The number of benzene rings is 1. The van der Waals surface area contributed by atoms with Crippen LogP contribution in [-0.2, 0) is 0 Å². The van der Waals surface area contributed by atoms with Gasteiger partial charge >= 0.3 is 0 Å². The summed E-state index contributed by atoms with van der Waals surface area (Å²) < 4.78 is 0. The number of rotatable bonds is 1. The number of alkyl halides is 1. The van der Waals surface area contributed by atoms with E-state index in [1.165, 1.54) is 24.8 Å². The van der Waals surface area contributed by atoms with Gasteiger partial charge < -0.3 is 0 Å². The van der Waals surface area contributed by atoms with E-state index in [0.717, 1.165) is 5.56 Å². The monoisotopic (exact) mass is 249 g/mol. The molecule has 1 aromatic carbocycles. The van der Waals surface area contributed by atoms with Gasteiger partial charge in [-0.2, -0.15) is 5.26 Å². The van der Waals surface area contributed by atoms with Crippen LogP contribution in [-0.4, -0.2) is 4.83 Å². The number of nitrogens with zero attached hydrogens (tertiary/aromatic N) is 1. The van der Waals surface area contributed by atoms with Gasteiger partial charge in [0.05, 0.1) is 11.6 Å². The van der Waals surface area contributed by atoms with E-state index >= 15 is 0 Å². The van der Waals surface area contributed by atoms with Gasteiger partial charge in [-0.05, 0) is 42.9 Å². The first-order valence-electron chi connectivity index (χ1n) is 4.93. The largest absolute Gasteiger partial charge is 0.192 e. The molecule has 2 heteroatoms. The van der Waals surface area contributed by atoms with Crippen molar-refractivity contribution >= 4 is 15.9 Å². The Morgan fingerprint density at radius 1 is 1.36 bits per heavy atom. The molecule has 1 nitrogen and oxygen atoms in total. The molecule has 1 aliphatic carbocycles. The van der Waals surface area contributed by atoms with E-state index in [9.17, 15) is 0 Å². The molecule has 2 atom stereocenters. The highest BCUT2D eigenvalue weighted by molar-refractivity contribution is 9.09. The molecule has 72 valence electrons. The van der Waals surface area contributed by atoms with Crippen LogP contribution in [0.1, 0.15) is 36.3 Å². The Morgan fingerprint density at radius 2 is 2.21 bits per heavy atom. The molecule has 0 unspecified atom stereocenters. The van der Waals surface area contributed by atoms with Crippen LogP contribution in [0.5, 0.6) is 0 Å². The quantitative estimate of drug-likeness (QED) is 0.699. The van der Waals surface area contributed by atoms with Crippen molar-refractivity contribution in [3.8, 4) is 6.07 Å². The molecule has 0 heterocycles. The predicted octanol–water partition coefficient (Wildman–Crippen LogP) is 3.59. The van der Waals surface area contributed by atoms with Gasteiger partial charge in [-0.25, -0.2) is 0 Å². The average Bonchev–Trinajstić information content (AvgIpc) is 2.65. The normalized spacial score (nSPS) is 26.0. The van der Waals surface area contributed by atoms with E-state index in [0.29, 0.717) is 10.7 Å². The van der Waals surface area contributed by atoms with Crippen LogP contribution >= 0.6 is 15.9 Å². The topological polar surface area (TPSA) is 23.8 Å². The van der Waals surface area contributed by atoms with Crippen molar-refractivity contribution in [2.45, 2.75) is 30.0 Å². The summed E-state index contributed by atoms with van der Waals surface area (Å²) >= 11 is 3.65. The van der Waals surface area contributed by atoms with Gasteiger partial charge in [-0.1, -0.05) is 28.1 Å². The Hall–Kier alpha value is -0.810. The first-order chi connectivity index (χ1) is 6.79. The van der Waals surface area contributed by atoms with Gasteiger partial charge in [0.1, 0.15) is 0 Å². The minimum atomic E-state index is 0.646. The number of nitriles is 1. The molecule has 0 bridgehead atoms. The Bertz CT molecular complexity index is 367. The molecule has 0 saturated heterocycles. The zero-order valence-corrected chi connectivity index (χ0v) is 9.50. The second-order valence-electron chi connectivity index (χ2n) is 3.84. The van der Waals surface area contributed by atoms with E-state index in [1.54, 1.807) is 0 Å². The molecule has 0 aliphatic heterocycles. The van der Waals surface area contributed by atoms with Crippen LogP contribution in [0.2, 0.25) is 0 Å². The maximum Gasteiger partial charge on any atom is 0.0991 e. The van der Waals surface area contributed by atoms with Crippen molar-refractivity contribution in [1.82, 2.24) is 0 Å². The lowest BCUT2D eigenvalue weighted by atomic mass is 9.96. The Balaban J connectivity index is 2.20. The van der Waals surface area contributed by atoms with E-state index < -0.39 is 0 Å². The maximum absolute atomic E-state index is 8.80. The molecule has 1 aliphatic rings. The summed E-state index contributed by atoms with van der Waals surface area (Å²) in [5.41, 5.74) is 2.10. The lowest BCUT2D eigenvalue weighted by molar-refractivity contribution is 0.725. The zero-order chi connectivity index (χ0) is 9.97. The second-order valence-corrected chi connectivity index (χ2v) is 5.14. The lowest BCUT2D eigenvalue weighted by Gasteiger charge is -2.09. The van der Waals surface area contributed by atoms with Gasteiger partial charge in [0, 0.05) is 4.83 Å². The van der Waals surface area contributed by atoms with Crippen molar-refractivity contribution in [3.63, 3.8) is 0 Å². The van der Waals surface area contributed by atoms with E-state index in [1.807, 2.05) is 18.2 Å². The molecule has 0 radical (unpaired) electrons. The number of hydrogen-bond donors (Lipinski definition) is 0. The van der Waals surface area contributed by atoms with Gasteiger partial charge in [0.25, 0.3) is 0 Å².